The Bertz CT molecular complexity index is 1240. The summed E-state index contributed by atoms with van der Waals surface area (Å²) in [6, 6.07) is 24.9. The van der Waals surface area contributed by atoms with E-state index < -0.39 is 0 Å². The lowest BCUT2D eigenvalue weighted by Gasteiger charge is -2.52. The van der Waals surface area contributed by atoms with Crippen LogP contribution in [0.25, 0.3) is 0 Å². The average molecular weight is 542 g/mol. The summed E-state index contributed by atoms with van der Waals surface area (Å²) in [4.78, 5) is 17.9. The van der Waals surface area contributed by atoms with Gasteiger partial charge in [-0.3, -0.25) is 0 Å². The summed E-state index contributed by atoms with van der Waals surface area (Å²) in [6.07, 6.45) is 1.06. The SMILES string of the molecule is CCCSc1cc([C@H]2[C@@H](c3ccccc3)[C@H](c3cc(Cl)nc(Cl)n3)[C@@H]2c2ccccc2)nc(Cl)n1. The summed E-state index contributed by atoms with van der Waals surface area (Å²) < 4.78 is 0. The zero-order chi connectivity index (χ0) is 24.4. The molecular weight excluding hydrogens is 519 g/mol. The molecule has 1 fully saturated rings. The average Bonchev–Trinajstić information content (AvgIpc) is 2.83. The maximum atomic E-state index is 6.45. The molecule has 0 radical (unpaired) electrons. The van der Waals surface area contributed by atoms with Crippen molar-refractivity contribution in [3.8, 4) is 0 Å². The summed E-state index contributed by atoms with van der Waals surface area (Å²) in [5.41, 5.74) is 4.18. The van der Waals surface area contributed by atoms with Crippen LogP contribution in [-0.2, 0) is 0 Å². The van der Waals surface area contributed by atoms with Crippen LogP contribution in [0, 0.1) is 0 Å². The van der Waals surface area contributed by atoms with Crippen molar-refractivity contribution < 1.29 is 0 Å². The summed E-state index contributed by atoms with van der Waals surface area (Å²) in [7, 11) is 0. The van der Waals surface area contributed by atoms with Crippen LogP contribution < -0.4 is 0 Å². The molecule has 1 aliphatic carbocycles. The highest BCUT2D eigenvalue weighted by atomic mass is 35.5. The normalized spacial score (nSPS) is 21.5. The molecule has 0 unspecified atom stereocenters. The summed E-state index contributed by atoms with van der Waals surface area (Å²) in [6.45, 7) is 2.15. The summed E-state index contributed by atoms with van der Waals surface area (Å²) >= 11 is 20.7. The van der Waals surface area contributed by atoms with Gasteiger partial charge in [0.05, 0.1) is 11.4 Å². The van der Waals surface area contributed by atoms with Gasteiger partial charge in [0.2, 0.25) is 10.6 Å². The Hall–Kier alpha value is -2.18. The summed E-state index contributed by atoms with van der Waals surface area (Å²) in [5.74, 6) is 1.27. The van der Waals surface area contributed by atoms with E-state index in [0.29, 0.717) is 5.15 Å². The highest BCUT2D eigenvalue weighted by Gasteiger charge is 2.54. The number of hydrogen-bond acceptors (Lipinski definition) is 5. The fourth-order valence-corrected chi connectivity index (χ4v) is 6.54. The molecule has 0 N–H and O–H groups in total. The molecule has 2 atom stereocenters. The number of benzene rings is 2. The predicted octanol–water partition coefficient (Wildman–Crippen LogP) is 8.18. The molecule has 5 rings (SSSR count). The van der Waals surface area contributed by atoms with Crippen LogP contribution in [0.3, 0.4) is 0 Å². The lowest BCUT2D eigenvalue weighted by Crippen LogP contribution is -2.41. The van der Waals surface area contributed by atoms with Crippen molar-refractivity contribution in [3.05, 3.63) is 111 Å². The van der Waals surface area contributed by atoms with E-state index in [4.69, 9.17) is 39.8 Å². The van der Waals surface area contributed by atoms with Gasteiger partial charge in [0.25, 0.3) is 0 Å². The first-order valence-corrected chi connectivity index (χ1v) is 13.6. The van der Waals surface area contributed by atoms with Crippen LogP contribution in [0.1, 0.15) is 59.5 Å². The van der Waals surface area contributed by atoms with Crippen molar-refractivity contribution in [1.82, 2.24) is 19.9 Å². The molecule has 2 aromatic carbocycles. The third-order valence-electron chi connectivity index (χ3n) is 6.44. The molecule has 0 aliphatic heterocycles. The monoisotopic (exact) mass is 540 g/mol. The lowest BCUT2D eigenvalue weighted by atomic mass is 9.50. The third kappa shape index (κ3) is 5.19. The van der Waals surface area contributed by atoms with E-state index in [9.17, 15) is 0 Å². The first-order chi connectivity index (χ1) is 17.0. The van der Waals surface area contributed by atoms with E-state index in [0.717, 1.165) is 28.6 Å². The predicted molar refractivity (Wildman–Crippen MR) is 144 cm³/mol. The summed E-state index contributed by atoms with van der Waals surface area (Å²) in [5, 5.41) is 1.66. The van der Waals surface area contributed by atoms with Crippen LogP contribution in [0.2, 0.25) is 15.7 Å². The van der Waals surface area contributed by atoms with Crippen molar-refractivity contribution in [2.45, 2.75) is 42.0 Å². The topological polar surface area (TPSA) is 51.6 Å². The Morgan fingerprint density at radius 2 is 1.17 bits per heavy atom. The molecule has 4 aromatic rings. The molecule has 0 saturated heterocycles. The first-order valence-electron chi connectivity index (χ1n) is 11.5. The molecule has 0 bridgehead atoms. The molecule has 8 heteroatoms. The van der Waals surface area contributed by atoms with Crippen molar-refractivity contribution in [2.24, 2.45) is 0 Å². The van der Waals surface area contributed by atoms with Crippen molar-refractivity contribution >= 4 is 46.6 Å². The van der Waals surface area contributed by atoms with Crippen LogP contribution in [-0.4, -0.2) is 25.7 Å². The second-order valence-corrected chi connectivity index (χ2v) is 10.7. The lowest BCUT2D eigenvalue weighted by molar-refractivity contribution is 0.219. The van der Waals surface area contributed by atoms with Gasteiger partial charge in [-0.15, -0.1) is 11.8 Å². The van der Waals surface area contributed by atoms with E-state index in [1.807, 2.05) is 18.2 Å². The smallest absolute Gasteiger partial charge is 0.223 e. The van der Waals surface area contributed by atoms with Gasteiger partial charge in [-0.2, -0.15) is 0 Å². The molecule has 35 heavy (non-hydrogen) atoms. The largest absolute Gasteiger partial charge is 0.224 e. The minimum absolute atomic E-state index is 0.0308. The van der Waals surface area contributed by atoms with Crippen LogP contribution in [0.15, 0.2) is 77.8 Å². The van der Waals surface area contributed by atoms with Gasteiger partial charge >= 0.3 is 0 Å². The number of rotatable bonds is 7. The van der Waals surface area contributed by atoms with Gasteiger partial charge in [0, 0.05) is 23.7 Å². The highest BCUT2D eigenvalue weighted by Crippen LogP contribution is 2.66. The quantitative estimate of drug-likeness (QED) is 0.134. The number of nitrogens with zero attached hydrogens (tertiary/aromatic N) is 4. The van der Waals surface area contributed by atoms with Gasteiger partial charge in [-0.25, -0.2) is 19.9 Å². The maximum Gasteiger partial charge on any atom is 0.224 e. The molecule has 0 spiro atoms. The number of aromatic nitrogens is 4. The van der Waals surface area contributed by atoms with E-state index in [1.54, 1.807) is 11.8 Å². The number of hydrogen-bond donors (Lipinski definition) is 0. The van der Waals surface area contributed by atoms with E-state index in [1.165, 1.54) is 11.1 Å². The molecule has 2 aromatic heterocycles. The number of halogens is 3. The molecule has 1 saturated carbocycles. The zero-order valence-corrected chi connectivity index (χ0v) is 22.1. The van der Waals surface area contributed by atoms with Gasteiger partial charge < -0.3 is 0 Å². The highest BCUT2D eigenvalue weighted by molar-refractivity contribution is 7.99. The second kappa shape index (κ2) is 10.8. The van der Waals surface area contributed by atoms with Crippen LogP contribution in [0.4, 0.5) is 0 Å². The Morgan fingerprint density at radius 3 is 1.69 bits per heavy atom. The van der Waals surface area contributed by atoms with Gasteiger partial charge in [0.1, 0.15) is 10.2 Å². The number of thioether (sulfide) groups is 1. The van der Waals surface area contributed by atoms with Gasteiger partial charge in [0.15, 0.2) is 0 Å². The third-order valence-corrected chi connectivity index (χ3v) is 8.09. The van der Waals surface area contributed by atoms with Crippen molar-refractivity contribution in [2.75, 3.05) is 5.75 Å². The Balaban J connectivity index is 1.68. The Labute approximate surface area is 224 Å². The first kappa shape index (κ1) is 24.5. The Morgan fingerprint density at radius 1 is 0.657 bits per heavy atom. The fourth-order valence-electron chi connectivity index (χ4n) is 5.11. The molecule has 1 aliphatic rings. The fraction of sp³-hybridized carbons (Fsp3) is 0.259. The molecule has 0 amide bonds. The minimum Gasteiger partial charge on any atom is -0.223 e. The second-order valence-electron chi connectivity index (χ2n) is 8.56. The molecular formula is C27H23Cl3N4S. The minimum atomic E-state index is 0.0308. The standard InChI is InChI=1S/C27H23Cl3N4S/c1-2-13-35-21-15-19(32-27(30)34-21)25-22(16-9-5-3-6-10-16)24(18-14-20(28)33-26(29)31-18)23(25)17-11-7-4-8-12-17/h3-12,14-15,22-25H,2,13H2,1H3/t22-,23-,24-,25-/m0/s1. The van der Waals surface area contributed by atoms with E-state index in [-0.39, 0.29) is 34.2 Å². The van der Waals surface area contributed by atoms with Gasteiger partial charge in [-0.05, 0) is 58.6 Å². The van der Waals surface area contributed by atoms with E-state index in [2.05, 4.69) is 76.5 Å². The molecule has 2 heterocycles. The molecule has 4 nitrogen and oxygen atoms in total. The van der Waals surface area contributed by atoms with Crippen molar-refractivity contribution in [3.63, 3.8) is 0 Å². The van der Waals surface area contributed by atoms with Crippen LogP contribution >= 0.6 is 46.6 Å². The Kier molecular flexibility index (Phi) is 7.59. The van der Waals surface area contributed by atoms with Crippen LogP contribution in [0.5, 0.6) is 0 Å². The van der Waals surface area contributed by atoms with E-state index >= 15 is 0 Å². The maximum absolute atomic E-state index is 6.45. The zero-order valence-electron chi connectivity index (χ0n) is 19.0. The molecule has 178 valence electrons. The van der Waals surface area contributed by atoms with Gasteiger partial charge in [-0.1, -0.05) is 79.2 Å². The van der Waals surface area contributed by atoms with Crippen molar-refractivity contribution in [1.29, 1.82) is 0 Å².